The van der Waals surface area contributed by atoms with Crippen molar-refractivity contribution in [2.75, 3.05) is 11.9 Å². The van der Waals surface area contributed by atoms with Crippen LogP contribution in [0.3, 0.4) is 0 Å². The number of nitrogens with zero attached hydrogens (tertiary/aromatic N) is 1. The minimum atomic E-state index is -0.932. The first-order chi connectivity index (χ1) is 15.6. The van der Waals surface area contributed by atoms with Crippen molar-refractivity contribution in [3.63, 3.8) is 0 Å². The molecule has 5 N–H and O–H groups in total. The quantitative estimate of drug-likeness (QED) is 0.435. The molecule has 8 heteroatoms. The van der Waals surface area contributed by atoms with Crippen LogP contribution in [0, 0.1) is 11.8 Å². The molecule has 0 radical (unpaired) electrons. The molecule has 1 aliphatic heterocycles. The number of hydrogen-bond donors (Lipinski definition) is 5. The smallest absolute Gasteiger partial charge is 0.309 e. The molecule has 2 aliphatic rings. The molecule has 0 amide bonds. The van der Waals surface area contributed by atoms with Crippen LogP contribution in [0.2, 0.25) is 0 Å². The zero-order valence-corrected chi connectivity index (χ0v) is 19.8. The van der Waals surface area contributed by atoms with Gasteiger partial charge in [0.05, 0.1) is 12.0 Å². The second kappa shape index (κ2) is 9.52. The van der Waals surface area contributed by atoms with E-state index >= 15 is 0 Å². The van der Waals surface area contributed by atoms with Gasteiger partial charge in [0.15, 0.2) is 5.88 Å². The third-order valence-electron chi connectivity index (χ3n) is 6.85. The zero-order valence-electron chi connectivity index (χ0n) is 19.8. The molecule has 1 saturated carbocycles. The monoisotopic (exact) mass is 459 g/mol. The highest BCUT2D eigenvalue weighted by molar-refractivity contribution is 5.97. The standard InChI is InChI=1S/C25H37N3O5/c1-25(2,3)33-24(32)16-9-7-15(8-10-16)13-26-19-6-4-5-17-18(19)14-28(23(17)31)20-11-12-21(29)27-22(20)30/h4-6,14-16,20-22,26-27,29-31H,7-13H2,1-3H3. The third-order valence-corrected chi connectivity index (χ3v) is 6.85. The van der Waals surface area contributed by atoms with Crippen molar-refractivity contribution in [2.24, 2.45) is 11.8 Å². The topological polar surface area (TPSA) is 116 Å². The number of aromatic nitrogens is 1. The van der Waals surface area contributed by atoms with E-state index in [-0.39, 0.29) is 23.8 Å². The Morgan fingerprint density at radius 3 is 2.52 bits per heavy atom. The van der Waals surface area contributed by atoms with Crippen LogP contribution in [0.1, 0.15) is 65.3 Å². The Hall–Kier alpha value is -2.29. The highest BCUT2D eigenvalue weighted by Crippen LogP contribution is 2.38. The molecule has 33 heavy (non-hydrogen) atoms. The van der Waals surface area contributed by atoms with E-state index in [0.717, 1.165) is 48.7 Å². The summed E-state index contributed by atoms with van der Waals surface area (Å²) < 4.78 is 7.25. The first-order valence-corrected chi connectivity index (χ1v) is 12.0. The molecule has 3 unspecified atom stereocenters. The minimum Gasteiger partial charge on any atom is -0.494 e. The van der Waals surface area contributed by atoms with Gasteiger partial charge in [0, 0.05) is 29.2 Å². The molecule has 1 aliphatic carbocycles. The van der Waals surface area contributed by atoms with Gasteiger partial charge in [-0.15, -0.1) is 0 Å². The normalized spacial score (nSPS) is 28.6. The summed E-state index contributed by atoms with van der Waals surface area (Å²) in [5.41, 5.74) is 0.494. The summed E-state index contributed by atoms with van der Waals surface area (Å²) in [4.78, 5) is 12.4. The summed E-state index contributed by atoms with van der Waals surface area (Å²) >= 11 is 0. The van der Waals surface area contributed by atoms with E-state index in [1.807, 2.05) is 45.2 Å². The summed E-state index contributed by atoms with van der Waals surface area (Å²) in [5, 5.41) is 38.8. The first kappa shape index (κ1) is 23.9. The summed E-state index contributed by atoms with van der Waals surface area (Å²) in [5.74, 6) is 0.501. The van der Waals surface area contributed by atoms with Gasteiger partial charge in [0.2, 0.25) is 0 Å². The van der Waals surface area contributed by atoms with Gasteiger partial charge in [0.25, 0.3) is 0 Å². The maximum Gasteiger partial charge on any atom is 0.309 e. The van der Waals surface area contributed by atoms with Crippen molar-refractivity contribution in [3.05, 3.63) is 24.4 Å². The highest BCUT2D eigenvalue weighted by Gasteiger charge is 2.32. The number of ether oxygens (including phenoxy) is 1. The van der Waals surface area contributed by atoms with Crippen molar-refractivity contribution in [2.45, 2.75) is 83.4 Å². The fraction of sp³-hybridized carbons (Fsp3) is 0.640. The number of carbonyl (C=O) groups excluding carboxylic acids is 1. The molecule has 2 fully saturated rings. The van der Waals surface area contributed by atoms with Crippen LogP contribution in [0.4, 0.5) is 5.69 Å². The van der Waals surface area contributed by atoms with Gasteiger partial charge in [-0.25, -0.2) is 0 Å². The van der Waals surface area contributed by atoms with E-state index in [9.17, 15) is 20.1 Å². The lowest BCUT2D eigenvalue weighted by Gasteiger charge is -2.33. The van der Waals surface area contributed by atoms with E-state index in [4.69, 9.17) is 4.74 Å². The molecule has 0 spiro atoms. The van der Waals surface area contributed by atoms with E-state index in [2.05, 4.69) is 10.6 Å². The number of rotatable bonds is 5. The Bertz CT molecular complexity index is 974. The molecule has 1 aromatic carbocycles. The molecule has 1 saturated heterocycles. The summed E-state index contributed by atoms with van der Waals surface area (Å²) in [6.07, 6.45) is 4.93. The maximum absolute atomic E-state index is 12.4. The number of aliphatic hydroxyl groups excluding tert-OH is 2. The minimum absolute atomic E-state index is 0.0102. The van der Waals surface area contributed by atoms with Gasteiger partial charge in [-0.3, -0.25) is 10.1 Å². The van der Waals surface area contributed by atoms with Crippen molar-refractivity contribution in [1.29, 1.82) is 0 Å². The third kappa shape index (κ3) is 5.45. The summed E-state index contributed by atoms with van der Waals surface area (Å²) in [6.45, 7) is 6.51. The number of carbonyl (C=O) groups is 1. The molecular weight excluding hydrogens is 422 g/mol. The van der Waals surface area contributed by atoms with Crippen molar-refractivity contribution in [1.82, 2.24) is 9.88 Å². The largest absolute Gasteiger partial charge is 0.494 e. The van der Waals surface area contributed by atoms with Gasteiger partial charge in [-0.2, -0.15) is 0 Å². The van der Waals surface area contributed by atoms with Crippen molar-refractivity contribution >= 4 is 22.4 Å². The number of fused-ring (bicyclic) bond motifs is 1. The lowest BCUT2D eigenvalue weighted by Crippen LogP contribution is -2.47. The molecule has 2 heterocycles. The van der Waals surface area contributed by atoms with Crippen LogP contribution < -0.4 is 10.6 Å². The molecule has 3 atom stereocenters. The second-order valence-electron chi connectivity index (χ2n) is 10.5. The van der Waals surface area contributed by atoms with Crippen molar-refractivity contribution < 1.29 is 24.9 Å². The molecular formula is C25H37N3O5. The number of hydrogen-bond acceptors (Lipinski definition) is 7. The van der Waals surface area contributed by atoms with E-state index < -0.39 is 18.1 Å². The first-order valence-electron chi connectivity index (χ1n) is 12.0. The Morgan fingerprint density at radius 2 is 1.85 bits per heavy atom. The van der Waals surface area contributed by atoms with Gasteiger partial charge in [0.1, 0.15) is 18.1 Å². The fourth-order valence-corrected chi connectivity index (χ4v) is 5.06. The molecule has 0 bridgehead atoms. The average Bonchev–Trinajstić information content (AvgIpc) is 3.08. The Morgan fingerprint density at radius 1 is 1.12 bits per heavy atom. The van der Waals surface area contributed by atoms with Crippen LogP contribution in [0.15, 0.2) is 24.4 Å². The SMILES string of the molecule is CC(C)(C)OC(=O)C1CCC(CNc2cccc3c(O)n(C4CCC(O)NC4O)cc23)CC1. The van der Waals surface area contributed by atoms with Gasteiger partial charge in [-0.05, 0) is 77.3 Å². The Kier molecular flexibility index (Phi) is 6.88. The lowest BCUT2D eigenvalue weighted by atomic mass is 9.82. The predicted octanol–water partition coefficient (Wildman–Crippen LogP) is 3.47. The van der Waals surface area contributed by atoms with Crippen LogP contribution in [0.5, 0.6) is 5.88 Å². The highest BCUT2D eigenvalue weighted by atomic mass is 16.6. The van der Waals surface area contributed by atoms with Gasteiger partial charge in [-0.1, -0.05) is 6.07 Å². The number of aromatic hydroxyl groups is 1. The van der Waals surface area contributed by atoms with Gasteiger partial charge >= 0.3 is 5.97 Å². The average molecular weight is 460 g/mol. The molecule has 1 aromatic heterocycles. The summed E-state index contributed by atoms with van der Waals surface area (Å²) in [7, 11) is 0. The van der Waals surface area contributed by atoms with Crippen LogP contribution in [-0.2, 0) is 9.53 Å². The number of aliphatic hydroxyl groups is 2. The van der Waals surface area contributed by atoms with E-state index in [1.165, 1.54) is 0 Å². The number of benzene rings is 1. The zero-order chi connectivity index (χ0) is 23.8. The second-order valence-corrected chi connectivity index (χ2v) is 10.5. The number of piperidine rings is 1. The Balaban J connectivity index is 1.39. The predicted molar refractivity (Wildman–Crippen MR) is 127 cm³/mol. The van der Waals surface area contributed by atoms with E-state index in [1.54, 1.807) is 4.57 Å². The van der Waals surface area contributed by atoms with Crippen LogP contribution in [-0.4, -0.2) is 50.5 Å². The number of esters is 1. The summed E-state index contributed by atoms with van der Waals surface area (Å²) in [6, 6.07) is 5.43. The molecule has 8 nitrogen and oxygen atoms in total. The molecule has 4 rings (SSSR count). The van der Waals surface area contributed by atoms with Crippen LogP contribution in [0.25, 0.3) is 10.8 Å². The van der Waals surface area contributed by atoms with E-state index in [0.29, 0.717) is 18.8 Å². The molecule has 2 aromatic rings. The molecule has 182 valence electrons. The lowest BCUT2D eigenvalue weighted by molar-refractivity contribution is -0.161. The Labute approximate surface area is 194 Å². The number of anilines is 1. The van der Waals surface area contributed by atoms with Gasteiger partial charge < -0.3 is 29.9 Å². The number of nitrogens with one attached hydrogen (secondary N) is 2. The fourth-order valence-electron chi connectivity index (χ4n) is 5.06. The van der Waals surface area contributed by atoms with Crippen molar-refractivity contribution in [3.8, 4) is 5.88 Å². The van der Waals surface area contributed by atoms with Crippen LogP contribution >= 0.6 is 0 Å². The maximum atomic E-state index is 12.4.